The zero-order valence-electron chi connectivity index (χ0n) is 17.4. The number of hydrogen-bond donors (Lipinski definition) is 7. The lowest BCUT2D eigenvalue weighted by Crippen LogP contribution is -2.64. The van der Waals surface area contributed by atoms with Gasteiger partial charge in [0.1, 0.15) is 55.4 Å². The highest BCUT2D eigenvalue weighted by molar-refractivity contribution is 5.69. The number of ether oxygens (including phenoxy) is 4. The van der Waals surface area contributed by atoms with E-state index in [4.69, 9.17) is 18.9 Å². The van der Waals surface area contributed by atoms with E-state index >= 15 is 0 Å². The molecule has 0 aromatic heterocycles. The minimum Gasteiger partial charge on any atom is -0.463 e. The van der Waals surface area contributed by atoms with E-state index < -0.39 is 80.6 Å². The number of rotatable bonds is 10. The van der Waals surface area contributed by atoms with Crippen LogP contribution >= 0.6 is 0 Å². The second-order valence-electron chi connectivity index (χ2n) is 7.84. The molecule has 31 heavy (non-hydrogen) atoms. The van der Waals surface area contributed by atoms with Crippen molar-refractivity contribution in [3.63, 3.8) is 0 Å². The van der Waals surface area contributed by atoms with Gasteiger partial charge in [0, 0.05) is 6.42 Å². The summed E-state index contributed by atoms with van der Waals surface area (Å²) in [5, 5.41) is 69.4. The fourth-order valence-electron chi connectivity index (χ4n) is 3.50. The SMILES string of the molecule is CCCCCCC(=O)OC[C@H]1O[C@H](O[C@H]2[C@H](O)[C@@H](O)[C@@H](O)O[C@@H]2CO)[C@H](O)[C@@H](O)[C@@H]1O. The molecule has 0 aromatic carbocycles. The fraction of sp³-hybridized carbons (Fsp3) is 0.947. The van der Waals surface area contributed by atoms with E-state index in [1.165, 1.54) is 0 Å². The minimum atomic E-state index is -1.76. The summed E-state index contributed by atoms with van der Waals surface area (Å²) in [6, 6.07) is 0. The number of carbonyl (C=O) groups excluding carboxylic acids is 1. The van der Waals surface area contributed by atoms with Crippen molar-refractivity contribution in [2.24, 2.45) is 0 Å². The smallest absolute Gasteiger partial charge is 0.305 e. The normalized spacial score (nSPS) is 41.2. The number of unbranched alkanes of at least 4 members (excludes halogenated alkanes) is 3. The van der Waals surface area contributed by atoms with Crippen molar-refractivity contribution in [1.82, 2.24) is 0 Å². The van der Waals surface area contributed by atoms with Crippen LogP contribution in [0.5, 0.6) is 0 Å². The van der Waals surface area contributed by atoms with Crippen molar-refractivity contribution in [2.75, 3.05) is 13.2 Å². The van der Waals surface area contributed by atoms with E-state index in [1.54, 1.807) is 0 Å². The van der Waals surface area contributed by atoms with Gasteiger partial charge in [-0.05, 0) is 6.42 Å². The van der Waals surface area contributed by atoms with Crippen molar-refractivity contribution >= 4 is 5.97 Å². The van der Waals surface area contributed by atoms with Crippen molar-refractivity contribution in [1.29, 1.82) is 0 Å². The highest BCUT2D eigenvalue weighted by Gasteiger charge is 2.50. The van der Waals surface area contributed by atoms with Crippen LogP contribution in [-0.4, -0.2) is 116 Å². The monoisotopic (exact) mass is 454 g/mol. The summed E-state index contributed by atoms with van der Waals surface area (Å²) in [6.07, 6.45) is -12.1. The second kappa shape index (κ2) is 12.3. The summed E-state index contributed by atoms with van der Waals surface area (Å²) in [4.78, 5) is 11.9. The Bertz CT molecular complexity index is 546. The van der Waals surface area contributed by atoms with Crippen LogP contribution in [0.15, 0.2) is 0 Å². The third-order valence-electron chi connectivity index (χ3n) is 5.44. The van der Waals surface area contributed by atoms with Crippen molar-refractivity contribution < 1.29 is 59.5 Å². The lowest BCUT2D eigenvalue weighted by molar-refractivity contribution is -0.355. The Kier molecular flexibility index (Phi) is 10.5. The molecule has 0 unspecified atom stereocenters. The number of carbonyl (C=O) groups is 1. The average molecular weight is 454 g/mol. The van der Waals surface area contributed by atoms with E-state index in [9.17, 15) is 40.5 Å². The van der Waals surface area contributed by atoms with Crippen LogP contribution < -0.4 is 0 Å². The molecule has 0 radical (unpaired) electrons. The number of esters is 1. The third-order valence-corrected chi connectivity index (χ3v) is 5.44. The molecule has 182 valence electrons. The molecule has 7 N–H and O–H groups in total. The Balaban J connectivity index is 1.96. The molecule has 0 aliphatic carbocycles. The van der Waals surface area contributed by atoms with Crippen LogP contribution in [0.25, 0.3) is 0 Å². The van der Waals surface area contributed by atoms with Gasteiger partial charge in [-0.15, -0.1) is 0 Å². The topological polar surface area (TPSA) is 196 Å². The first-order valence-corrected chi connectivity index (χ1v) is 10.5. The zero-order valence-corrected chi connectivity index (χ0v) is 17.4. The number of aliphatic hydroxyl groups is 7. The Morgan fingerprint density at radius 3 is 2.19 bits per heavy atom. The van der Waals surface area contributed by atoms with Gasteiger partial charge in [-0.2, -0.15) is 0 Å². The van der Waals surface area contributed by atoms with Crippen LogP contribution in [0.2, 0.25) is 0 Å². The molecule has 0 aromatic rings. The van der Waals surface area contributed by atoms with Crippen LogP contribution in [0.1, 0.15) is 39.0 Å². The highest BCUT2D eigenvalue weighted by Crippen LogP contribution is 2.28. The molecular formula is C19H34O12. The Hall–Kier alpha value is -0.930. The van der Waals surface area contributed by atoms with Gasteiger partial charge in [0.05, 0.1) is 6.61 Å². The molecule has 2 fully saturated rings. The van der Waals surface area contributed by atoms with E-state index in [0.717, 1.165) is 19.3 Å². The van der Waals surface area contributed by atoms with E-state index in [2.05, 4.69) is 0 Å². The molecule has 2 aliphatic heterocycles. The average Bonchev–Trinajstić information content (AvgIpc) is 2.76. The summed E-state index contributed by atoms with van der Waals surface area (Å²) in [7, 11) is 0. The first-order chi connectivity index (χ1) is 14.7. The van der Waals surface area contributed by atoms with Crippen LogP contribution in [0.3, 0.4) is 0 Å². The van der Waals surface area contributed by atoms with Crippen molar-refractivity contribution in [2.45, 2.75) is 100 Å². The molecule has 10 atom stereocenters. The predicted octanol–water partition coefficient (Wildman–Crippen LogP) is -2.88. The molecular weight excluding hydrogens is 420 g/mol. The predicted molar refractivity (Wildman–Crippen MR) is 101 cm³/mol. The lowest BCUT2D eigenvalue weighted by Gasteiger charge is -2.45. The van der Waals surface area contributed by atoms with Gasteiger partial charge in [0.25, 0.3) is 0 Å². The summed E-state index contributed by atoms with van der Waals surface area (Å²) in [6.45, 7) is 0.937. The van der Waals surface area contributed by atoms with Gasteiger partial charge in [0.2, 0.25) is 0 Å². The highest BCUT2D eigenvalue weighted by atomic mass is 16.7. The molecule has 12 heteroatoms. The largest absolute Gasteiger partial charge is 0.463 e. The molecule has 12 nitrogen and oxygen atoms in total. The summed E-state index contributed by atoms with van der Waals surface area (Å²) >= 11 is 0. The molecule has 0 amide bonds. The first kappa shape index (κ1) is 26.3. The number of aliphatic hydroxyl groups excluding tert-OH is 7. The van der Waals surface area contributed by atoms with E-state index in [-0.39, 0.29) is 6.42 Å². The standard InChI is InChI=1S/C19H34O12/c1-2-3-4-5-6-11(21)28-8-10-12(22)13(23)16(26)19(30-10)31-17-9(7-20)29-18(27)15(25)14(17)24/h9-10,12-20,22-27H,2-8H2,1H3/t9-,10-,12-,13+,14-,15-,16-,17-,18+,19-/m1/s1. The van der Waals surface area contributed by atoms with Gasteiger partial charge < -0.3 is 54.7 Å². The fourth-order valence-corrected chi connectivity index (χ4v) is 3.50. The third kappa shape index (κ3) is 6.78. The quantitative estimate of drug-likeness (QED) is 0.132. The maximum atomic E-state index is 11.9. The second-order valence-corrected chi connectivity index (χ2v) is 7.84. The van der Waals surface area contributed by atoms with E-state index in [1.807, 2.05) is 6.92 Å². The lowest BCUT2D eigenvalue weighted by atomic mass is 9.97. The van der Waals surface area contributed by atoms with Gasteiger partial charge >= 0.3 is 5.97 Å². The zero-order chi connectivity index (χ0) is 23.1. The molecule has 2 aliphatic rings. The van der Waals surface area contributed by atoms with Crippen LogP contribution in [0, 0.1) is 0 Å². The molecule has 2 rings (SSSR count). The van der Waals surface area contributed by atoms with E-state index in [0.29, 0.717) is 6.42 Å². The Labute approximate surface area is 179 Å². The van der Waals surface area contributed by atoms with Crippen LogP contribution in [-0.2, 0) is 23.7 Å². The van der Waals surface area contributed by atoms with Gasteiger partial charge in [-0.3, -0.25) is 4.79 Å². The van der Waals surface area contributed by atoms with Crippen molar-refractivity contribution in [3.8, 4) is 0 Å². The molecule has 0 spiro atoms. The molecule has 2 heterocycles. The van der Waals surface area contributed by atoms with Gasteiger partial charge in [0.15, 0.2) is 12.6 Å². The maximum absolute atomic E-state index is 11.9. The summed E-state index contributed by atoms with van der Waals surface area (Å²) < 4.78 is 20.9. The van der Waals surface area contributed by atoms with Crippen molar-refractivity contribution in [3.05, 3.63) is 0 Å². The van der Waals surface area contributed by atoms with Crippen LogP contribution in [0.4, 0.5) is 0 Å². The molecule has 0 bridgehead atoms. The maximum Gasteiger partial charge on any atom is 0.305 e. The Morgan fingerprint density at radius 1 is 0.839 bits per heavy atom. The van der Waals surface area contributed by atoms with Gasteiger partial charge in [-0.25, -0.2) is 0 Å². The first-order valence-electron chi connectivity index (χ1n) is 10.5. The Morgan fingerprint density at radius 2 is 1.55 bits per heavy atom. The van der Waals surface area contributed by atoms with Gasteiger partial charge in [-0.1, -0.05) is 26.2 Å². The number of hydrogen-bond acceptors (Lipinski definition) is 12. The molecule has 2 saturated heterocycles. The minimum absolute atomic E-state index is 0.192. The summed E-state index contributed by atoms with van der Waals surface area (Å²) in [5.41, 5.74) is 0. The molecule has 0 saturated carbocycles. The summed E-state index contributed by atoms with van der Waals surface area (Å²) in [5.74, 6) is -0.501.